The van der Waals surface area contributed by atoms with Crippen molar-refractivity contribution in [3.8, 4) is 0 Å². The van der Waals surface area contributed by atoms with Crippen LogP contribution in [-0.4, -0.2) is 37.2 Å². The molecule has 0 aromatic rings. The molecule has 0 radical (unpaired) electrons. The number of carbonyl (C=O) groups is 3. The molecule has 0 aliphatic heterocycles. The average Bonchev–Trinajstić information content (AvgIpc) is 3.43. The Balaban J connectivity index is 4.06. The predicted octanol–water partition coefficient (Wildman–Crippen LogP) is 22.2. The minimum atomic E-state index is -0.828. The molecular weight excluding hydrogens is 949 g/mol. The number of ether oxygens (including phenoxy) is 3. The third-order valence-corrected chi connectivity index (χ3v) is 13.8. The number of esters is 3. The number of rotatable bonds is 58. The maximum Gasteiger partial charge on any atom is 0.310 e. The molecule has 0 aromatic heterocycles. The molecule has 1 unspecified atom stereocenters. The van der Waals surface area contributed by atoms with Gasteiger partial charge >= 0.3 is 17.9 Å². The van der Waals surface area contributed by atoms with Crippen LogP contribution in [0.4, 0.5) is 0 Å². The summed E-state index contributed by atoms with van der Waals surface area (Å²) in [6.07, 6.45) is 88.8. The first-order valence-corrected chi connectivity index (χ1v) is 32.4. The van der Waals surface area contributed by atoms with Crippen LogP contribution in [-0.2, 0) is 28.6 Å². The molecule has 0 aliphatic carbocycles. The number of hydrogen-bond acceptors (Lipinski definition) is 6. The highest BCUT2D eigenvalue weighted by molar-refractivity contribution is 5.72. The van der Waals surface area contributed by atoms with E-state index in [4.69, 9.17) is 14.2 Å². The Morgan fingerprint density at radius 3 is 0.857 bits per heavy atom. The zero-order valence-corrected chi connectivity index (χ0v) is 50.4. The third-order valence-electron chi connectivity index (χ3n) is 13.8. The molecule has 0 heterocycles. The average molecular weight is 1070 g/mol. The van der Waals surface area contributed by atoms with Crippen molar-refractivity contribution in [1.29, 1.82) is 0 Å². The summed E-state index contributed by atoms with van der Waals surface area (Å²) in [7, 11) is 0. The standard InChI is InChI=1S/C71H120O6/c1-4-7-10-13-16-19-21-23-25-26-27-28-29-30-31-32-33-34-35-36-37-38-39-40-41-42-43-44-46-47-49-52-55-58-61-64-70(73)76-67-68(66-75-69(72)63-60-57-54-51-18-15-12-9-6-3)77-71(74)65-62-59-56-53-50-48-45-24-22-20-17-14-11-8-5-2/h7-8,10-11,16-17,19-20,23-25,27-28,45,50,53,59,62,68H,4-6,9,12-15,18,21-22,26,29-44,46-49,51-52,54-58,60-61,63-67H2,1-3H3/b10-7-,11-8-,19-16-,20-17-,25-23-,28-27-,45-24-,53-50-,62-59-. The summed E-state index contributed by atoms with van der Waals surface area (Å²) in [6, 6.07) is 0. The minimum Gasteiger partial charge on any atom is -0.462 e. The van der Waals surface area contributed by atoms with Crippen LogP contribution < -0.4 is 0 Å². The van der Waals surface area contributed by atoms with Crippen molar-refractivity contribution in [2.24, 2.45) is 0 Å². The SMILES string of the molecule is CC/C=C\C/C=C\C/C=C\C/C=C\C/C=C\CC(=O)OC(COC(=O)CCCCCCCCCCC)COC(=O)CCCCCCCCCCCCCCCCCCCCCCCC/C=C\C/C=C\C/C=C\C/C=C\CC. The normalized spacial score (nSPS) is 12.8. The van der Waals surface area contributed by atoms with E-state index in [1.807, 2.05) is 6.08 Å². The molecule has 0 saturated heterocycles. The molecule has 0 spiro atoms. The number of carbonyl (C=O) groups excluding carboxylic acids is 3. The van der Waals surface area contributed by atoms with Crippen LogP contribution in [0.3, 0.4) is 0 Å². The number of hydrogen-bond donors (Lipinski definition) is 0. The lowest BCUT2D eigenvalue weighted by molar-refractivity contribution is -0.166. The van der Waals surface area contributed by atoms with Gasteiger partial charge in [-0.3, -0.25) is 14.4 Å². The zero-order valence-electron chi connectivity index (χ0n) is 50.4. The van der Waals surface area contributed by atoms with Crippen molar-refractivity contribution in [1.82, 2.24) is 0 Å². The lowest BCUT2D eigenvalue weighted by Crippen LogP contribution is -2.30. The van der Waals surface area contributed by atoms with Crippen molar-refractivity contribution in [2.75, 3.05) is 13.2 Å². The van der Waals surface area contributed by atoms with Crippen LogP contribution >= 0.6 is 0 Å². The van der Waals surface area contributed by atoms with Gasteiger partial charge < -0.3 is 14.2 Å². The lowest BCUT2D eigenvalue weighted by atomic mass is 10.0. The highest BCUT2D eigenvalue weighted by atomic mass is 16.6. The van der Waals surface area contributed by atoms with E-state index in [9.17, 15) is 14.4 Å². The molecule has 0 aromatic carbocycles. The van der Waals surface area contributed by atoms with E-state index in [-0.39, 0.29) is 31.6 Å². The summed E-state index contributed by atoms with van der Waals surface area (Å²) in [5.74, 6) is -1.04. The largest absolute Gasteiger partial charge is 0.462 e. The van der Waals surface area contributed by atoms with Gasteiger partial charge in [-0.15, -0.1) is 0 Å². The Morgan fingerprint density at radius 1 is 0.286 bits per heavy atom. The molecule has 77 heavy (non-hydrogen) atoms. The zero-order chi connectivity index (χ0) is 55.7. The Morgan fingerprint density at radius 2 is 0.545 bits per heavy atom. The number of allylic oxidation sites excluding steroid dienone is 17. The fourth-order valence-corrected chi connectivity index (χ4v) is 9.04. The predicted molar refractivity (Wildman–Crippen MR) is 334 cm³/mol. The van der Waals surface area contributed by atoms with Gasteiger partial charge in [0.05, 0.1) is 6.42 Å². The molecule has 0 N–H and O–H groups in total. The van der Waals surface area contributed by atoms with Crippen LogP contribution in [0.2, 0.25) is 0 Å². The van der Waals surface area contributed by atoms with Gasteiger partial charge in [0.25, 0.3) is 0 Å². The molecule has 6 heteroatoms. The first-order valence-electron chi connectivity index (χ1n) is 32.4. The molecule has 0 bridgehead atoms. The smallest absolute Gasteiger partial charge is 0.310 e. The quantitative estimate of drug-likeness (QED) is 0.0261. The summed E-state index contributed by atoms with van der Waals surface area (Å²) in [4.78, 5) is 38.0. The van der Waals surface area contributed by atoms with Gasteiger partial charge in [-0.05, 0) is 83.5 Å². The van der Waals surface area contributed by atoms with Gasteiger partial charge in [-0.1, -0.05) is 310 Å². The highest BCUT2D eigenvalue weighted by Gasteiger charge is 2.19. The molecule has 6 nitrogen and oxygen atoms in total. The molecular formula is C71H120O6. The van der Waals surface area contributed by atoms with E-state index in [2.05, 4.69) is 118 Å². The molecule has 0 fully saturated rings. The van der Waals surface area contributed by atoms with Gasteiger partial charge in [-0.2, -0.15) is 0 Å². The summed E-state index contributed by atoms with van der Waals surface area (Å²) in [5, 5.41) is 0. The summed E-state index contributed by atoms with van der Waals surface area (Å²) < 4.78 is 16.7. The Kier molecular flexibility index (Phi) is 61.3. The van der Waals surface area contributed by atoms with Crippen molar-refractivity contribution < 1.29 is 28.6 Å². The van der Waals surface area contributed by atoms with Crippen molar-refractivity contribution in [3.05, 3.63) is 109 Å². The van der Waals surface area contributed by atoms with E-state index in [1.54, 1.807) is 6.08 Å². The Bertz CT molecular complexity index is 1560. The molecule has 0 aliphatic rings. The Hall–Kier alpha value is -3.93. The van der Waals surface area contributed by atoms with E-state index < -0.39 is 12.1 Å². The minimum absolute atomic E-state index is 0.0983. The van der Waals surface area contributed by atoms with Crippen molar-refractivity contribution in [3.63, 3.8) is 0 Å². The second-order valence-corrected chi connectivity index (χ2v) is 21.3. The first-order chi connectivity index (χ1) is 38.0. The van der Waals surface area contributed by atoms with E-state index in [0.29, 0.717) is 12.8 Å². The fraction of sp³-hybridized carbons (Fsp3) is 0.704. The van der Waals surface area contributed by atoms with Gasteiger partial charge in [0.15, 0.2) is 6.10 Å². The van der Waals surface area contributed by atoms with E-state index in [0.717, 1.165) is 96.3 Å². The van der Waals surface area contributed by atoms with Gasteiger partial charge in [0, 0.05) is 12.8 Å². The second kappa shape index (κ2) is 64.6. The van der Waals surface area contributed by atoms with E-state index >= 15 is 0 Å². The Labute approximate surface area is 476 Å². The van der Waals surface area contributed by atoms with Crippen molar-refractivity contribution >= 4 is 17.9 Å². The van der Waals surface area contributed by atoms with Crippen molar-refractivity contribution in [2.45, 2.75) is 309 Å². The summed E-state index contributed by atoms with van der Waals surface area (Å²) >= 11 is 0. The second-order valence-electron chi connectivity index (χ2n) is 21.3. The third kappa shape index (κ3) is 62.8. The van der Waals surface area contributed by atoms with E-state index in [1.165, 1.54) is 167 Å². The topological polar surface area (TPSA) is 78.9 Å². The fourth-order valence-electron chi connectivity index (χ4n) is 9.04. The molecule has 0 saturated carbocycles. The van der Waals surface area contributed by atoms with Crippen LogP contribution in [0.5, 0.6) is 0 Å². The molecule has 440 valence electrons. The maximum atomic E-state index is 12.8. The monoisotopic (exact) mass is 1070 g/mol. The van der Waals surface area contributed by atoms with Crippen LogP contribution in [0.15, 0.2) is 109 Å². The van der Waals surface area contributed by atoms with Crippen LogP contribution in [0, 0.1) is 0 Å². The lowest BCUT2D eigenvalue weighted by Gasteiger charge is -2.18. The van der Waals surface area contributed by atoms with Gasteiger partial charge in [0.2, 0.25) is 0 Å². The molecule has 0 rings (SSSR count). The molecule has 1 atom stereocenters. The summed E-state index contributed by atoms with van der Waals surface area (Å²) in [5.41, 5.74) is 0. The van der Waals surface area contributed by atoms with Crippen LogP contribution in [0.1, 0.15) is 303 Å². The van der Waals surface area contributed by atoms with Gasteiger partial charge in [0.1, 0.15) is 13.2 Å². The van der Waals surface area contributed by atoms with Gasteiger partial charge in [-0.25, -0.2) is 0 Å². The van der Waals surface area contributed by atoms with Crippen LogP contribution in [0.25, 0.3) is 0 Å². The highest BCUT2D eigenvalue weighted by Crippen LogP contribution is 2.17. The number of unbranched alkanes of at least 4 members (excludes halogenated alkanes) is 30. The summed E-state index contributed by atoms with van der Waals surface area (Å²) in [6.45, 7) is 6.32. The maximum absolute atomic E-state index is 12.8. The first kappa shape index (κ1) is 73.1. The molecule has 0 amide bonds.